The molecule has 0 bridgehead atoms. The molecule has 0 radical (unpaired) electrons. The van der Waals surface area contributed by atoms with Crippen molar-refractivity contribution in [3.05, 3.63) is 29.8 Å². The van der Waals surface area contributed by atoms with Gasteiger partial charge < -0.3 is 15.3 Å². The third-order valence-corrected chi connectivity index (χ3v) is 3.34. The number of carbonyl (C=O) groups excluding carboxylic acids is 1. The minimum Gasteiger partial charge on any atom is -0.481 e. The van der Waals surface area contributed by atoms with Crippen molar-refractivity contribution < 1.29 is 14.7 Å². The molecule has 20 heavy (non-hydrogen) atoms. The summed E-state index contributed by atoms with van der Waals surface area (Å²) in [5, 5.41) is 11.8. The van der Waals surface area contributed by atoms with Crippen molar-refractivity contribution in [3.8, 4) is 12.3 Å². The molecule has 1 saturated heterocycles. The average Bonchev–Trinajstić information content (AvgIpc) is 2.47. The van der Waals surface area contributed by atoms with E-state index in [1.807, 2.05) is 0 Å². The fourth-order valence-electron chi connectivity index (χ4n) is 2.25. The Hall–Kier alpha value is -2.48. The number of benzene rings is 1. The van der Waals surface area contributed by atoms with E-state index in [2.05, 4.69) is 11.2 Å². The molecule has 0 aliphatic carbocycles. The lowest BCUT2D eigenvalue weighted by molar-refractivity contribution is -0.143. The Morgan fingerprint density at radius 1 is 1.45 bits per heavy atom. The third kappa shape index (κ3) is 3.29. The van der Waals surface area contributed by atoms with Gasteiger partial charge in [0.2, 0.25) is 0 Å². The minimum atomic E-state index is -0.850. The molecule has 1 aromatic carbocycles. The lowest BCUT2D eigenvalue weighted by Gasteiger charge is -2.30. The number of carboxylic acid groups (broad SMARTS) is 1. The van der Waals surface area contributed by atoms with Crippen molar-refractivity contribution in [2.24, 2.45) is 5.92 Å². The van der Waals surface area contributed by atoms with Crippen LogP contribution in [-0.2, 0) is 4.79 Å². The van der Waals surface area contributed by atoms with Crippen molar-refractivity contribution in [1.82, 2.24) is 4.90 Å². The first-order chi connectivity index (χ1) is 9.60. The van der Waals surface area contributed by atoms with E-state index in [1.54, 1.807) is 24.3 Å². The first-order valence-electron chi connectivity index (χ1n) is 6.45. The van der Waals surface area contributed by atoms with E-state index in [-0.39, 0.29) is 12.6 Å². The number of hydrogen-bond acceptors (Lipinski definition) is 2. The number of anilines is 1. The minimum absolute atomic E-state index is 0.246. The van der Waals surface area contributed by atoms with Gasteiger partial charge in [0.1, 0.15) is 0 Å². The summed E-state index contributed by atoms with van der Waals surface area (Å²) >= 11 is 0. The van der Waals surface area contributed by atoms with Crippen LogP contribution in [0.2, 0.25) is 0 Å². The number of likely N-dealkylation sites (tertiary alicyclic amines) is 1. The quantitative estimate of drug-likeness (QED) is 0.809. The monoisotopic (exact) mass is 272 g/mol. The molecule has 2 amide bonds. The summed E-state index contributed by atoms with van der Waals surface area (Å²) in [6.07, 6.45) is 6.63. The molecule has 1 aliphatic rings. The highest BCUT2D eigenvalue weighted by molar-refractivity contribution is 5.90. The lowest BCUT2D eigenvalue weighted by Crippen LogP contribution is -2.44. The zero-order chi connectivity index (χ0) is 14.5. The standard InChI is InChI=1S/C15H16N2O3/c1-2-11-5-3-7-13(9-11)16-15(20)17-8-4-6-12(10-17)14(18)19/h1,3,5,7,9,12H,4,6,8,10H2,(H,16,20)(H,18,19)/t12-/m1/s1. The SMILES string of the molecule is C#Cc1cccc(NC(=O)N2CCC[C@@H](C(=O)O)C2)c1. The fourth-order valence-corrected chi connectivity index (χ4v) is 2.25. The summed E-state index contributed by atoms with van der Waals surface area (Å²) in [4.78, 5) is 24.6. The number of carboxylic acids is 1. The Bertz CT molecular complexity index is 562. The number of carbonyl (C=O) groups is 2. The Balaban J connectivity index is 2.01. The van der Waals surface area contributed by atoms with Crippen molar-refractivity contribution >= 4 is 17.7 Å². The molecule has 104 valence electrons. The molecule has 1 aliphatic heterocycles. The number of nitrogens with zero attached hydrogens (tertiary/aromatic N) is 1. The van der Waals surface area contributed by atoms with Crippen LogP contribution < -0.4 is 5.32 Å². The summed E-state index contributed by atoms with van der Waals surface area (Å²) in [6.45, 7) is 0.820. The van der Waals surface area contributed by atoms with E-state index in [1.165, 1.54) is 4.90 Å². The first kappa shape index (κ1) is 13.9. The van der Waals surface area contributed by atoms with Crippen molar-refractivity contribution in [1.29, 1.82) is 0 Å². The van der Waals surface area contributed by atoms with Crippen LogP contribution in [0.1, 0.15) is 18.4 Å². The summed E-state index contributed by atoms with van der Waals surface area (Å²) in [5.41, 5.74) is 1.30. The highest BCUT2D eigenvalue weighted by atomic mass is 16.4. The summed E-state index contributed by atoms with van der Waals surface area (Å²) < 4.78 is 0. The number of piperidine rings is 1. The molecule has 2 rings (SSSR count). The van der Waals surface area contributed by atoms with Crippen LogP contribution in [0.3, 0.4) is 0 Å². The normalized spacial score (nSPS) is 18.1. The van der Waals surface area contributed by atoms with E-state index in [0.717, 1.165) is 0 Å². The highest BCUT2D eigenvalue weighted by Crippen LogP contribution is 2.18. The smallest absolute Gasteiger partial charge is 0.321 e. The molecular weight excluding hydrogens is 256 g/mol. The number of hydrogen-bond donors (Lipinski definition) is 2. The molecule has 5 heteroatoms. The van der Waals surface area contributed by atoms with Crippen molar-refractivity contribution in [3.63, 3.8) is 0 Å². The molecule has 1 aromatic rings. The second kappa shape index (κ2) is 6.11. The Kier molecular flexibility index (Phi) is 4.26. The molecular formula is C15H16N2O3. The Labute approximate surface area is 117 Å². The zero-order valence-electron chi connectivity index (χ0n) is 11.0. The van der Waals surface area contributed by atoms with Crippen LogP contribution in [0.5, 0.6) is 0 Å². The van der Waals surface area contributed by atoms with Gasteiger partial charge in [0.05, 0.1) is 5.92 Å². The molecule has 1 heterocycles. The number of amides is 2. The van der Waals surface area contributed by atoms with Crippen molar-refractivity contribution in [2.75, 3.05) is 18.4 Å². The number of rotatable bonds is 2. The Morgan fingerprint density at radius 3 is 2.95 bits per heavy atom. The van der Waals surface area contributed by atoms with Gasteiger partial charge in [0.15, 0.2) is 0 Å². The average molecular weight is 272 g/mol. The second-order valence-electron chi connectivity index (χ2n) is 4.78. The summed E-state index contributed by atoms with van der Waals surface area (Å²) in [7, 11) is 0. The molecule has 0 saturated carbocycles. The van der Waals surface area contributed by atoms with Gasteiger partial charge in [-0.1, -0.05) is 12.0 Å². The molecule has 1 atom stereocenters. The number of urea groups is 1. The van der Waals surface area contributed by atoms with E-state index in [0.29, 0.717) is 30.6 Å². The molecule has 1 fully saturated rings. The molecule has 2 N–H and O–H groups in total. The molecule has 5 nitrogen and oxygen atoms in total. The maximum absolute atomic E-state index is 12.1. The van der Waals surface area contributed by atoms with E-state index < -0.39 is 11.9 Å². The number of aliphatic carboxylic acids is 1. The predicted molar refractivity (Wildman–Crippen MR) is 75.3 cm³/mol. The maximum atomic E-state index is 12.1. The fraction of sp³-hybridized carbons (Fsp3) is 0.333. The second-order valence-corrected chi connectivity index (χ2v) is 4.78. The van der Waals surface area contributed by atoms with Crippen LogP contribution >= 0.6 is 0 Å². The molecule has 0 aromatic heterocycles. The van der Waals surface area contributed by atoms with Gasteiger partial charge in [-0.3, -0.25) is 4.79 Å². The summed E-state index contributed by atoms with van der Waals surface area (Å²) in [5.74, 6) is 1.17. The topological polar surface area (TPSA) is 69.6 Å². The predicted octanol–water partition coefficient (Wildman–Crippen LogP) is 2.00. The van der Waals surface area contributed by atoms with Crippen molar-refractivity contribution in [2.45, 2.75) is 12.8 Å². The molecule has 0 unspecified atom stereocenters. The van der Waals surface area contributed by atoms with Crippen LogP contribution in [0, 0.1) is 18.3 Å². The van der Waals surface area contributed by atoms with Gasteiger partial charge in [0, 0.05) is 24.3 Å². The van der Waals surface area contributed by atoms with Gasteiger partial charge in [-0.15, -0.1) is 6.42 Å². The van der Waals surface area contributed by atoms with Gasteiger partial charge in [-0.25, -0.2) is 4.79 Å². The first-order valence-corrected chi connectivity index (χ1v) is 6.45. The third-order valence-electron chi connectivity index (χ3n) is 3.34. The van der Waals surface area contributed by atoms with Crippen LogP contribution in [0.4, 0.5) is 10.5 Å². The molecule has 0 spiro atoms. The lowest BCUT2D eigenvalue weighted by atomic mass is 9.99. The largest absolute Gasteiger partial charge is 0.481 e. The summed E-state index contributed by atoms with van der Waals surface area (Å²) in [6, 6.07) is 6.71. The van der Waals surface area contributed by atoms with Crippen LogP contribution in [0.25, 0.3) is 0 Å². The van der Waals surface area contributed by atoms with Crippen LogP contribution in [0.15, 0.2) is 24.3 Å². The number of nitrogens with one attached hydrogen (secondary N) is 1. The Morgan fingerprint density at radius 2 is 2.25 bits per heavy atom. The van der Waals surface area contributed by atoms with Gasteiger partial charge in [-0.2, -0.15) is 0 Å². The van der Waals surface area contributed by atoms with E-state index in [9.17, 15) is 9.59 Å². The van der Waals surface area contributed by atoms with Gasteiger partial charge >= 0.3 is 12.0 Å². The maximum Gasteiger partial charge on any atom is 0.321 e. The highest BCUT2D eigenvalue weighted by Gasteiger charge is 2.28. The van der Waals surface area contributed by atoms with Crippen LogP contribution in [-0.4, -0.2) is 35.1 Å². The zero-order valence-corrected chi connectivity index (χ0v) is 11.0. The van der Waals surface area contributed by atoms with Gasteiger partial charge in [-0.05, 0) is 31.0 Å². The van der Waals surface area contributed by atoms with E-state index in [4.69, 9.17) is 11.5 Å². The van der Waals surface area contributed by atoms with E-state index >= 15 is 0 Å². The van der Waals surface area contributed by atoms with Gasteiger partial charge in [0.25, 0.3) is 0 Å². The number of terminal acetylenes is 1.